The van der Waals surface area contributed by atoms with Gasteiger partial charge < -0.3 is 10.2 Å². The predicted octanol–water partition coefficient (Wildman–Crippen LogP) is 5.14. The Bertz CT molecular complexity index is 1080. The van der Waals surface area contributed by atoms with Gasteiger partial charge in [0.15, 0.2) is 5.69 Å². The first-order valence-corrected chi connectivity index (χ1v) is 10.7. The number of hydrogen-bond donors (Lipinski definition) is 1. The molecule has 1 fully saturated rings. The molecule has 8 heteroatoms. The first-order chi connectivity index (χ1) is 14.3. The molecule has 4 rings (SSSR count). The molecule has 0 spiro atoms. The minimum Gasteiger partial charge on any atom is -0.370 e. The topological polar surface area (TPSA) is 63.1 Å². The monoisotopic (exact) mass is 471 g/mol. The Balaban J connectivity index is 1.60. The maximum Gasteiger partial charge on any atom is 0.278 e. The highest BCUT2D eigenvalue weighted by Gasteiger charge is 2.34. The summed E-state index contributed by atoms with van der Waals surface area (Å²) in [5.41, 5.74) is 2.80. The molecule has 156 valence electrons. The second-order valence-corrected chi connectivity index (χ2v) is 8.73. The highest BCUT2D eigenvalue weighted by atomic mass is 79.9. The van der Waals surface area contributed by atoms with Crippen LogP contribution in [0.2, 0.25) is 0 Å². The van der Waals surface area contributed by atoms with Crippen LogP contribution < -0.4 is 10.2 Å². The van der Waals surface area contributed by atoms with Gasteiger partial charge in [-0.3, -0.25) is 4.79 Å². The number of aromatic nitrogens is 3. The standard InChI is InChI=1S/C22H23BrFN5O/c1-13(2)28(3)19-11-8-16(12-18(19)24)25-22(30)20-21(14-4-5-14)29(27-26-20)17-9-6-15(23)7-10-17/h6-14H,4-5H2,1-3H3,(H,25,30). The minimum absolute atomic E-state index is 0.162. The predicted molar refractivity (Wildman–Crippen MR) is 119 cm³/mol. The largest absolute Gasteiger partial charge is 0.370 e. The number of rotatable bonds is 6. The SMILES string of the molecule is CC(C)N(C)c1ccc(NC(=O)c2nnn(-c3ccc(Br)cc3)c2C2CC2)cc1F. The Morgan fingerprint density at radius 2 is 1.93 bits per heavy atom. The van der Waals surface area contributed by atoms with E-state index < -0.39 is 0 Å². The average molecular weight is 472 g/mol. The number of amides is 1. The Labute approximate surface area is 183 Å². The van der Waals surface area contributed by atoms with E-state index in [4.69, 9.17) is 0 Å². The summed E-state index contributed by atoms with van der Waals surface area (Å²) in [6.07, 6.45) is 1.99. The van der Waals surface area contributed by atoms with Crippen LogP contribution in [0.1, 0.15) is 48.8 Å². The third kappa shape index (κ3) is 4.09. The smallest absolute Gasteiger partial charge is 0.278 e. The van der Waals surface area contributed by atoms with Crippen LogP contribution in [-0.2, 0) is 0 Å². The van der Waals surface area contributed by atoms with Crippen molar-refractivity contribution in [2.24, 2.45) is 0 Å². The lowest BCUT2D eigenvalue weighted by atomic mass is 10.2. The zero-order chi connectivity index (χ0) is 21.4. The molecule has 1 aromatic heterocycles. The van der Waals surface area contributed by atoms with Gasteiger partial charge in [0.05, 0.1) is 17.1 Å². The van der Waals surface area contributed by atoms with E-state index in [0.717, 1.165) is 28.7 Å². The van der Waals surface area contributed by atoms with E-state index in [9.17, 15) is 9.18 Å². The van der Waals surface area contributed by atoms with Gasteiger partial charge in [-0.05, 0) is 69.2 Å². The number of nitrogens with zero attached hydrogens (tertiary/aromatic N) is 4. The zero-order valence-electron chi connectivity index (χ0n) is 17.1. The average Bonchev–Trinajstić information content (AvgIpc) is 3.46. The molecule has 1 N–H and O–H groups in total. The molecule has 30 heavy (non-hydrogen) atoms. The first-order valence-electron chi connectivity index (χ1n) is 9.90. The van der Waals surface area contributed by atoms with E-state index in [-0.39, 0.29) is 29.4 Å². The molecule has 3 aromatic rings. The van der Waals surface area contributed by atoms with Crippen molar-refractivity contribution >= 4 is 33.2 Å². The quantitative estimate of drug-likeness (QED) is 0.540. The van der Waals surface area contributed by atoms with Crippen molar-refractivity contribution in [2.75, 3.05) is 17.3 Å². The second-order valence-electron chi connectivity index (χ2n) is 7.81. The molecule has 6 nitrogen and oxygen atoms in total. The highest BCUT2D eigenvalue weighted by Crippen LogP contribution is 2.42. The molecule has 1 amide bonds. The lowest BCUT2D eigenvalue weighted by molar-refractivity contribution is 0.102. The van der Waals surface area contributed by atoms with Gasteiger partial charge in [-0.2, -0.15) is 0 Å². The van der Waals surface area contributed by atoms with Gasteiger partial charge >= 0.3 is 0 Å². The summed E-state index contributed by atoms with van der Waals surface area (Å²) in [6.45, 7) is 3.98. The van der Waals surface area contributed by atoms with E-state index in [0.29, 0.717) is 11.4 Å². The fourth-order valence-corrected chi connectivity index (χ4v) is 3.55. The molecule has 0 atom stereocenters. The summed E-state index contributed by atoms with van der Waals surface area (Å²) in [6, 6.07) is 12.6. The molecular weight excluding hydrogens is 449 g/mol. The van der Waals surface area contributed by atoms with Crippen molar-refractivity contribution in [1.82, 2.24) is 15.0 Å². The summed E-state index contributed by atoms with van der Waals surface area (Å²) in [5.74, 6) is -0.516. The van der Waals surface area contributed by atoms with Crippen LogP contribution in [-0.4, -0.2) is 34.0 Å². The Morgan fingerprint density at radius 3 is 2.53 bits per heavy atom. The molecule has 0 radical (unpaired) electrons. The van der Waals surface area contributed by atoms with Crippen LogP contribution in [0.25, 0.3) is 5.69 Å². The van der Waals surface area contributed by atoms with Crippen molar-refractivity contribution in [2.45, 2.75) is 38.6 Å². The Kier molecular flexibility index (Phi) is 5.60. The first kappa shape index (κ1) is 20.5. The summed E-state index contributed by atoms with van der Waals surface area (Å²) >= 11 is 3.43. The molecule has 0 unspecified atom stereocenters. The number of benzene rings is 2. The normalized spacial score (nSPS) is 13.5. The number of nitrogens with one attached hydrogen (secondary N) is 1. The fraction of sp³-hybridized carbons (Fsp3) is 0.318. The third-order valence-corrected chi connectivity index (χ3v) is 5.84. The molecule has 1 aliphatic rings. The van der Waals surface area contributed by atoms with Gasteiger partial charge in [0.2, 0.25) is 0 Å². The van der Waals surface area contributed by atoms with Gasteiger partial charge in [0, 0.05) is 29.2 Å². The third-order valence-electron chi connectivity index (χ3n) is 5.32. The highest BCUT2D eigenvalue weighted by molar-refractivity contribution is 9.10. The molecule has 1 saturated carbocycles. The van der Waals surface area contributed by atoms with Crippen LogP contribution in [0, 0.1) is 5.82 Å². The maximum atomic E-state index is 14.6. The molecule has 0 aliphatic heterocycles. The molecule has 0 saturated heterocycles. The molecule has 2 aromatic carbocycles. The van der Waals surface area contributed by atoms with Crippen molar-refractivity contribution < 1.29 is 9.18 Å². The van der Waals surface area contributed by atoms with Crippen molar-refractivity contribution in [3.8, 4) is 5.69 Å². The van der Waals surface area contributed by atoms with E-state index in [1.54, 1.807) is 16.8 Å². The summed E-state index contributed by atoms with van der Waals surface area (Å²) in [4.78, 5) is 14.8. The van der Waals surface area contributed by atoms with E-state index in [2.05, 4.69) is 31.6 Å². The zero-order valence-corrected chi connectivity index (χ0v) is 18.6. The summed E-state index contributed by atoms with van der Waals surface area (Å²) < 4.78 is 17.2. The summed E-state index contributed by atoms with van der Waals surface area (Å²) in [5, 5.41) is 11.1. The van der Waals surface area contributed by atoms with Crippen LogP contribution in [0.15, 0.2) is 46.9 Å². The van der Waals surface area contributed by atoms with Gasteiger partial charge in [0.25, 0.3) is 5.91 Å². The van der Waals surface area contributed by atoms with Crippen LogP contribution in [0.4, 0.5) is 15.8 Å². The van der Waals surface area contributed by atoms with Gasteiger partial charge in [-0.1, -0.05) is 21.1 Å². The van der Waals surface area contributed by atoms with Crippen LogP contribution >= 0.6 is 15.9 Å². The van der Waals surface area contributed by atoms with Crippen molar-refractivity contribution in [1.29, 1.82) is 0 Å². The van der Waals surface area contributed by atoms with Gasteiger partial charge in [0.1, 0.15) is 5.82 Å². The number of carbonyl (C=O) groups is 1. The van der Waals surface area contributed by atoms with Crippen molar-refractivity contribution in [3.63, 3.8) is 0 Å². The molecule has 0 bridgehead atoms. The van der Waals surface area contributed by atoms with Gasteiger partial charge in [-0.15, -0.1) is 5.10 Å². The number of halogens is 2. The van der Waals surface area contributed by atoms with Gasteiger partial charge in [-0.25, -0.2) is 9.07 Å². The van der Waals surface area contributed by atoms with E-state index in [1.165, 1.54) is 6.07 Å². The molecular formula is C22H23BrFN5O. The number of hydrogen-bond acceptors (Lipinski definition) is 4. The second kappa shape index (κ2) is 8.18. The lowest BCUT2D eigenvalue weighted by Gasteiger charge is -2.24. The number of carbonyl (C=O) groups excluding carboxylic acids is 1. The Morgan fingerprint density at radius 1 is 1.23 bits per heavy atom. The van der Waals surface area contributed by atoms with Crippen molar-refractivity contribution in [3.05, 3.63) is 64.1 Å². The van der Waals surface area contributed by atoms with Crippen LogP contribution in [0.5, 0.6) is 0 Å². The summed E-state index contributed by atoms with van der Waals surface area (Å²) in [7, 11) is 1.84. The molecule has 1 heterocycles. The van der Waals surface area contributed by atoms with Crippen LogP contribution in [0.3, 0.4) is 0 Å². The lowest BCUT2D eigenvalue weighted by Crippen LogP contribution is -2.26. The van der Waals surface area contributed by atoms with E-state index in [1.807, 2.05) is 50.1 Å². The fourth-order valence-electron chi connectivity index (χ4n) is 3.29. The molecule has 1 aliphatic carbocycles. The maximum absolute atomic E-state index is 14.6. The van der Waals surface area contributed by atoms with E-state index >= 15 is 0 Å². The Hall–Kier alpha value is -2.74. The minimum atomic E-state index is -0.385. The number of anilines is 2.